The van der Waals surface area contributed by atoms with E-state index in [-0.39, 0.29) is 23.7 Å². The van der Waals surface area contributed by atoms with Crippen molar-refractivity contribution >= 4 is 34.8 Å². The number of hydrogen-bond acceptors (Lipinski definition) is 5. The number of fused-ring (bicyclic) bond motifs is 1. The SMILES string of the molecule is O=C(Oc1ccc(N2C(=O)[C@H]3CC=CC[C@@H]3C2=O)cc1)c1cccs1. The highest BCUT2D eigenvalue weighted by Crippen LogP contribution is 2.38. The van der Waals surface area contributed by atoms with Gasteiger partial charge in [0.15, 0.2) is 0 Å². The molecule has 25 heavy (non-hydrogen) atoms. The van der Waals surface area contributed by atoms with E-state index < -0.39 is 5.97 Å². The number of benzene rings is 1. The van der Waals surface area contributed by atoms with Crippen LogP contribution in [0.15, 0.2) is 53.9 Å². The number of thiophene rings is 1. The van der Waals surface area contributed by atoms with Gasteiger partial charge < -0.3 is 4.74 Å². The van der Waals surface area contributed by atoms with Gasteiger partial charge in [-0.25, -0.2) is 4.79 Å². The van der Waals surface area contributed by atoms with Crippen LogP contribution in [0.2, 0.25) is 0 Å². The molecule has 126 valence electrons. The van der Waals surface area contributed by atoms with Crippen molar-refractivity contribution in [1.82, 2.24) is 0 Å². The second-order valence-electron chi connectivity index (χ2n) is 6.03. The summed E-state index contributed by atoms with van der Waals surface area (Å²) in [6.45, 7) is 0. The molecule has 1 aliphatic carbocycles. The summed E-state index contributed by atoms with van der Waals surface area (Å²) in [6.07, 6.45) is 5.15. The van der Waals surface area contributed by atoms with Crippen molar-refractivity contribution in [3.8, 4) is 5.75 Å². The van der Waals surface area contributed by atoms with Gasteiger partial charge in [-0.15, -0.1) is 11.3 Å². The van der Waals surface area contributed by atoms with E-state index in [0.29, 0.717) is 29.2 Å². The molecular formula is C19H15NO4S. The zero-order valence-electron chi connectivity index (χ0n) is 13.3. The zero-order chi connectivity index (χ0) is 17.4. The summed E-state index contributed by atoms with van der Waals surface area (Å²) < 4.78 is 5.30. The second-order valence-corrected chi connectivity index (χ2v) is 6.98. The van der Waals surface area contributed by atoms with E-state index in [1.165, 1.54) is 16.2 Å². The van der Waals surface area contributed by atoms with Crippen LogP contribution < -0.4 is 9.64 Å². The molecule has 1 aliphatic heterocycles. The van der Waals surface area contributed by atoms with Gasteiger partial charge in [0.2, 0.25) is 11.8 Å². The summed E-state index contributed by atoms with van der Waals surface area (Å²) in [4.78, 5) is 38.8. The van der Waals surface area contributed by atoms with E-state index in [1.54, 1.807) is 41.8 Å². The minimum Gasteiger partial charge on any atom is -0.422 e. The molecule has 0 spiro atoms. The Kier molecular flexibility index (Phi) is 3.97. The van der Waals surface area contributed by atoms with Gasteiger partial charge in [-0.1, -0.05) is 18.2 Å². The molecule has 1 aromatic carbocycles. The van der Waals surface area contributed by atoms with Gasteiger partial charge in [-0.2, -0.15) is 0 Å². The molecule has 2 atom stereocenters. The van der Waals surface area contributed by atoms with E-state index in [0.717, 1.165) is 0 Å². The van der Waals surface area contributed by atoms with Gasteiger partial charge in [-0.3, -0.25) is 14.5 Å². The molecule has 4 rings (SSSR count). The van der Waals surface area contributed by atoms with Crippen LogP contribution in [0.5, 0.6) is 5.75 Å². The molecule has 0 radical (unpaired) electrons. The van der Waals surface area contributed by atoms with Crippen molar-refractivity contribution in [2.45, 2.75) is 12.8 Å². The number of ether oxygens (including phenoxy) is 1. The van der Waals surface area contributed by atoms with Crippen LogP contribution in [-0.4, -0.2) is 17.8 Å². The molecule has 1 saturated heterocycles. The number of imide groups is 1. The lowest BCUT2D eigenvalue weighted by Crippen LogP contribution is -2.30. The molecule has 6 heteroatoms. The largest absolute Gasteiger partial charge is 0.422 e. The number of carbonyl (C=O) groups excluding carboxylic acids is 3. The Morgan fingerprint density at radius 2 is 1.64 bits per heavy atom. The third kappa shape index (κ3) is 2.78. The summed E-state index contributed by atoms with van der Waals surface area (Å²) in [5.41, 5.74) is 0.514. The van der Waals surface area contributed by atoms with Crippen molar-refractivity contribution in [3.05, 3.63) is 58.8 Å². The third-order valence-corrected chi connectivity index (χ3v) is 5.39. The Labute approximate surface area is 148 Å². The number of rotatable bonds is 3. The predicted molar refractivity (Wildman–Crippen MR) is 93.6 cm³/mol. The molecule has 1 aromatic heterocycles. The monoisotopic (exact) mass is 353 g/mol. The Bertz CT molecular complexity index is 828. The minimum absolute atomic E-state index is 0.150. The fourth-order valence-corrected chi connectivity index (χ4v) is 3.87. The highest BCUT2D eigenvalue weighted by Gasteiger charge is 2.47. The number of esters is 1. The van der Waals surface area contributed by atoms with Gasteiger partial charge in [0.25, 0.3) is 0 Å². The first-order chi connectivity index (χ1) is 12.1. The first-order valence-corrected chi connectivity index (χ1v) is 8.91. The second kappa shape index (κ2) is 6.29. The van der Waals surface area contributed by atoms with E-state index >= 15 is 0 Å². The van der Waals surface area contributed by atoms with E-state index in [2.05, 4.69) is 0 Å². The summed E-state index contributed by atoms with van der Waals surface area (Å²) in [6, 6.07) is 9.94. The van der Waals surface area contributed by atoms with Crippen LogP contribution in [0, 0.1) is 11.8 Å². The van der Waals surface area contributed by atoms with Crippen LogP contribution >= 0.6 is 11.3 Å². The Hall–Kier alpha value is -2.73. The fraction of sp³-hybridized carbons (Fsp3) is 0.211. The first-order valence-electron chi connectivity index (χ1n) is 8.03. The average molecular weight is 353 g/mol. The summed E-state index contributed by atoms with van der Waals surface area (Å²) in [7, 11) is 0. The maximum Gasteiger partial charge on any atom is 0.353 e. The van der Waals surface area contributed by atoms with E-state index in [9.17, 15) is 14.4 Å². The number of hydrogen-bond donors (Lipinski definition) is 0. The molecule has 2 aliphatic rings. The Balaban J connectivity index is 1.51. The van der Waals surface area contributed by atoms with Crippen molar-refractivity contribution in [1.29, 1.82) is 0 Å². The van der Waals surface area contributed by atoms with E-state index in [1.807, 2.05) is 12.2 Å². The normalized spacial score (nSPS) is 22.2. The molecule has 2 aromatic rings. The van der Waals surface area contributed by atoms with Crippen LogP contribution in [0.4, 0.5) is 5.69 Å². The fourth-order valence-electron chi connectivity index (χ4n) is 3.27. The lowest BCUT2D eigenvalue weighted by molar-refractivity contribution is -0.122. The first kappa shape index (κ1) is 15.8. The summed E-state index contributed by atoms with van der Waals surface area (Å²) >= 11 is 1.31. The van der Waals surface area contributed by atoms with Gasteiger partial charge >= 0.3 is 5.97 Å². The number of allylic oxidation sites excluding steroid dienone is 2. The van der Waals surface area contributed by atoms with Crippen molar-refractivity contribution in [2.75, 3.05) is 4.90 Å². The molecule has 0 saturated carbocycles. The molecule has 0 bridgehead atoms. The third-order valence-electron chi connectivity index (χ3n) is 4.54. The average Bonchev–Trinajstić information content (AvgIpc) is 3.25. The van der Waals surface area contributed by atoms with Gasteiger partial charge in [0, 0.05) is 0 Å². The number of amides is 2. The number of carbonyl (C=O) groups is 3. The summed E-state index contributed by atoms with van der Waals surface area (Å²) in [5, 5.41) is 1.80. The topological polar surface area (TPSA) is 63.7 Å². The van der Waals surface area contributed by atoms with Gasteiger partial charge in [0.05, 0.1) is 17.5 Å². The van der Waals surface area contributed by atoms with Crippen LogP contribution in [0.3, 0.4) is 0 Å². The standard InChI is InChI=1S/C19H15NO4S/c21-17-14-4-1-2-5-15(14)18(22)20(17)12-7-9-13(10-8-12)24-19(23)16-6-3-11-25-16/h1-3,6-11,14-15H,4-5H2/t14-,15-/m0/s1. The lowest BCUT2D eigenvalue weighted by atomic mass is 9.85. The maximum absolute atomic E-state index is 12.6. The van der Waals surface area contributed by atoms with Crippen molar-refractivity contribution < 1.29 is 19.1 Å². The molecule has 1 fully saturated rings. The Morgan fingerprint density at radius 1 is 1.00 bits per heavy atom. The predicted octanol–water partition coefficient (Wildman–Crippen LogP) is 3.42. The lowest BCUT2D eigenvalue weighted by Gasteiger charge is -2.15. The molecular weight excluding hydrogens is 338 g/mol. The Morgan fingerprint density at radius 3 is 2.20 bits per heavy atom. The molecule has 0 N–H and O–H groups in total. The van der Waals surface area contributed by atoms with Gasteiger partial charge in [-0.05, 0) is 48.6 Å². The maximum atomic E-state index is 12.6. The molecule has 5 nitrogen and oxygen atoms in total. The zero-order valence-corrected chi connectivity index (χ0v) is 14.1. The van der Waals surface area contributed by atoms with Crippen LogP contribution in [-0.2, 0) is 9.59 Å². The molecule has 2 amide bonds. The molecule has 0 unspecified atom stereocenters. The molecule has 2 heterocycles. The van der Waals surface area contributed by atoms with Crippen LogP contribution in [0.25, 0.3) is 0 Å². The van der Waals surface area contributed by atoms with Crippen LogP contribution in [0.1, 0.15) is 22.5 Å². The quantitative estimate of drug-likeness (QED) is 0.367. The highest BCUT2D eigenvalue weighted by molar-refractivity contribution is 7.12. The van der Waals surface area contributed by atoms with Crippen molar-refractivity contribution in [3.63, 3.8) is 0 Å². The van der Waals surface area contributed by atoms with Gasteiger partial charge in [0.1, 0.15) is 10.6 Å². The summed E-state index contributed by atoms with van der Waals surface area (Å²) in [5.74, 6) is -0.860. The highest BCUT2D eigenvalue weighted by atomic mass is 32.1. The smallest absolute Gasteiger partial charge is 0.353 e. The minimum atomic E-state index is -0.423. The van der Waals surface area contributed by atoms with E-state index in [4.69, 9.17) is 4.74 Å². The number of nitrogens with zero attached hydrogens (tertiary/aromatic N) is 1. The van der Waals surface area contributed by atoms with Crippen molar-refractivity contribution in [2.24, 2.45) is 11.8 Å². The number of anilines is 1.